The van der Waals surface area contributed by atoms with E-state index in [1.165, 1.54) is 13.5 Å². The molecule has 0 spiro atoms. The summed E-state index contributed by atoms with van der Waals surface area (Å²) in [6.07, 6.45) is 5.89. The molecule has 0 saturated heterocycles. The van der Waals surface area contributed by atoms with Gasteiger partial charge in [0.15, 0.2) is 0 Å². The van der Waals surface area contributed by atoms with Crippen LogP contribution in [0.1, 0.15) is 44.1 Å². The average Bonchev–Trinajstić information content (AvgIpc) is 2.59. The zero-order valence-corrected chi connectivity index (χ0v) is 13.6. The molecule has 0 aromatic heterocycles. The Bertz CT molecular complexity index is 560. The Hall–Kier alpha value is -2.06. The van der Waals surface area contributed by atoms with Gasteiger partial charge in [-0.05, 0) is 31.0 Å². The molecule has 1 N–H and O–H groups in total. The lowest BCUT2D eigenvalue weighted by molar-refractivity contribution is -0.142. The van der Waals surface area contributed by atoms with Gasteiger partial charge in [0.25, 0.3) is 0 Å². The van der Waals surface area contributed by atoms with E-state index in [9.17, 15) is 4.79 Å². The molecule has 1 aliphatic rings. The SMILES string of the molecule is COC(=O)CC1(NCCOc2cccc(C#N)c2)CCCCC1. The van der Waals surface area contributed by atoms with Crippen LogP contribution in [0.3, 0.4) is 0 Å². The van der Waals surface area contributed by atoms with Crippen molar-refractivity contribution >= 4 is 5.97 Å². The van der Waals surface area contributed by atoms with Crippen LogP contribution in [0.4, 0.5) is 0 Å². The molecule has 1 aliphatic carbocycles. The van der Waals surface area contributed by atoms with Crippen molar-refractivity contribution in [3.63, 3.8) is 0 Å². The Morgan fingerprint density at radius 1 is 1.35 bits per heavy atom. The average molecular weight is 316 g/mol. The zero-order chi connectivity index (χ0) is 16.5. The van der Waals surface area contributed by atoms with Crippen molar-refractivity contribution < 1.29 is 14.3 Å². The van der Waals surface area contributed by atoms with Crippen molar-refractivity contribution in [2.75, 3.05) is 20.3 Å². The predicted octanol–water partition coefficient (Wildman–Crippen LogP) is 2.79. The molecule has 0 aliphatic heterocycles. The molecule has 124 valence electrons. The fraction of sp³-hybridized carbons (Fsp3) is 0.556. The smallest absolute Gasteiger partial charge is 0.307 e. The number of rotatable bonds is 7. The minimum Gasteiger partial charge on any atom is -0.492 e. The summed E-state index contributed by atoms with van der Waals surface area (Å²) in [6.45, 7) is 1.16. The van der Waals surface area contributed by atoms with E-state index < -0.39 is 0 Å². The molecule has 2 rings (SSSR count). The molecule has 0 amide bonds. The van der Waals surface area contributed by atoms with Gasteiger partial charge in [0.2, 0.25) is 0 Å². The topological polar surface area (TPSA) is 71.3 Å². The summed E-state index contributed by atoms with van der Waals surface area (Å²) in [4.78, 5) is 11.7. The molecule has 5 heteroatoms. The molecule has 1 aromatic carbocycles. The van der Waals surface area contributed by atoms with Gasteiger partial charge in [-0.15, -0.1) is 0 Å². The second-order valence-electron chi connectivity index (χ2n) is 6.01. The Morgan fingerprint density at radius 3 is 2.83 bits per heavy atom. The van der Waals surface area contributed by atoms with E-state index in [0.29, 0.717) is 30.9 Å². The third-order valence-electron chi connectivity index (χ3n) is 4.35. The first kappa shape index (κ1) is 17.3. The molecular weight excluding hydrogens is 292 g/mol. The Labute approximate surface area is 137 Å². The number of carbonyl (C=O) groups excluding carboxylic acids is 1. The standard InChI is InChI=1S/C18H24N2O3/c1-22-17(21)13-18(8-3-2-4-9-18)20-10-11-23-16-7-5-6-15(12-16)14-19/h5-7,12,20H,2-4,8-11,13H2,1H3. The normalized spacial score (nSPS) is 16.3. The van der Waals surface area contributed by atoms with Crippen molar-refractivity contribution in [2.45, 2.75) is 44.1 Å². The van der Waals surface area contributed by atoms with Gasteiger partial charge in [0.1, 0.15) is 12.4 Å². The third-order valence-corrected chi connectivity index (χ3v) is 4.35. The van der Waals surface area contributed by atoms with Gasteiger partial charge in [-0.25, -0.2) is 0 Å². The number of hydrogen-bond donors (Lipinski definition) is 1. The van der Waals surface area contributed by atoms with Gasteiger partial charge >= 0.3 is 5.97 Å². The van der Waals surface area contributed by atoms with Crippen LogP contribution in [0.2, 0.25) is 0 Å². The van der Waals surface area contributed by atoms with E-state index in [1.807, 2.05) is 6.07 Å². The summed E-state index contributed by atoms with van der Waals surface area (Å²) in [5.74, 6) is 0.526. The Kier molecular flexibility index (Phi) is 6.42. The van der Waals surface area contributed by atoms with Crippen molar-refractivity contribution in [3.8, 4) is 11.8 Å². The van der Waals surface area contributed by atoms with Crippen molar-refractivity contribution in [2.24, 2.45) is 0 Å². The second-order valence-corrected chi connectivity index (χ2v) is 6.01. The van der Waals surface area contributed by atoms with Gasteiger partial charge in [-0.1, -0.05) is 25.3 Å². The quantitative estimate of drug-likeness (QED) is 0.618. The number of carbonyl (C=O) groups is 1. The summed E-state index contributed by atoms with van der Waals surface area (Å²) < 4.78 is 10.5. The molecule has 0 heterocycles. The molecule has 1 saturated carbocycles. The molecule has 0 radical (unpaired) electrons. The highest BCUT2D eigenvalue weighted by atomic mass is 16.5. The molecule has 0 unspecified atom stereocenters. The molecule has 1 fully saturated rings. The first-order chi connectivity index (χ1) is 11.2. The van der Waals surface area contributed by atoms with E-state index >= 15 is 0 Å². The highest BCUT2D eigenvalue weighted by Crippen LogP contribution is 2.31. The van der Waals surface area contributed by atoms with Crippen molar-refractivity contribution in [1.82, 2.24) is 5.32 Å². The van der Waals surface area contributed by atoms with Crippen molar-refractivity contribution in [3.05, 3.63) is 29.8 Å². The molecule has 0 atom stereocenters. The zero-order valence-electron chi connectivity index (χ0n) is 13.6. The van der Waals surface area contributed by atoms with Gasteiger partial charge in [-0.2, -0.15) is 5.26 Å². The van der Waals surface area contributed by atoms with E-state index in [2.05, 4.69) is 11.4 Å². The maximum absolute atomic E-state index is 11.7. The van der Waals surface area contributed by atoms with Crippen LogP contribution >= 0.6 is 0 Å². The van der Waals surface area contributed by atoms with Crippen LogP contribution in [-0.4, -0.2) is 31.8 Å². The fourth-order valence-electron chi connectivity index (χ4n) is 3.13. The predicted molar refractivity (Wildman–Crippen MR) is 87.1 cm³/mol. The lowest BCUT2D eigenvalue weighted by Gasteiger charge is -2.37. The molecule has 0 bridgehead atoms. The summed E-state index contributed by atoms with van der Waals surface area (Å²) in [6, 6.07) is 9.22. The minimum absolute atomic E-state index is 0.163. The number of hydrogen-bond acceptors (Lipinski definition) is 5. The minimum atomic E-state index is -0.165. The maximum Gasteiger partial charge on any atom is 0.307 e. The summed E-state index contributed by atoms with van der Waals surface area (Å²) in [7, 11) is 1.43. The number of nitrogens with one attached hydrogen (secondary N) is 1. The molecule has 23 heavy (non-hydrogen) atoms. The third kappa shape index (κ3) is 5.26. The number of esters is 1. The van der Waals surface area contributed by atoms with Crippen LogP contribution in [-0.2, 0) is 9.53 Å². The van der Waals surface area contributed by atoms with Crippen LogP contribution in [0.25, 0.3) is 0 Å². The second kappa shape index (κ2) is 8.54. The summed E-state index contributed by atoms with van der Waals surface area (Å²) >= 11 is 0. The fourth-order valence-corrected chi connectivity index (χ4v) is 3.13. The summed E-state index contributed by atoms with van der Waals surface area (Å²) in [5, 5.41) is 12.4. The van der Waals surface area contributed by atoms with Crippen LogP contribution < -0.4 is 10.1 Å². The number of nitrogens with zero attached hydrogens (tertiary/aromatic N) is 1. The van der Waals surface area contributed by atoms with Crippen LogP contribution in [0, 0.1) is 11.3 Å². The lowest BCUT2D eigenvalue weighted by atomic mass is 9.79. The highest BCUT2D eigenvalue weighted by molar-refractivity contribution is 5.70. The number of benzene rings is 1. The van der Waals surface area contributed by atoms with Crippen LogP contribution in [0.5, 0.6) is 5.75 Å². The molecule has 1 aromatic rings. The number of nitriles is 1. The van der Waals surface area contributed by atoms with E-state index in [0.717, 1.165) is 25.7 Å². The first-order valence-electron chi connectivity index (χ1n) is 8.12. The van der Waals surface area contributed by atoms with Crippen LogP contribution in [0.15, 0.2) is 24.3 Å². The Morgan fingerprint density at radius 2 is 2.13 bits per heavy atom. The lowest BCUT2D eigenvalue weighted by Crippen LogP contribution is -2.49. The van der Waals surface area contributed by atoms with E-state index in [-0.39, 0.29) is 11.5 Å². The van der Waals surface area contributed by atoms with Gasteiger partial charge in [0.05, 0.1) is 25.2 Å². The van der Waals surface area contributed by atoms with Gasteiger partial charge < -0.3 is 14.8 Å². The summed E-state index contributed by atoms with van der Waals surface area (Å²) in [5.41, 5.74) is 0.424. The largest absolute Gasteiger partial charge is 0.492 e. The molecular formula is C18H24N2O3. The first-order valence-corrected chi connectivity index (χ1v) is 8.12. The number of methoxy groups -OCH3 is 1. The van der Waals surface area contributed by atoms with E-state index in [1.54, 1.807) is 18.2 Å². The maximum atomic E-state index is 11.7. The number of ether oxygens (including phenoxy) is 2. The monoisotopic (exact) mass is 316 g/mol. The van der Waals surface area contributed by atoms with Gasteiger partial charge in [0, 0.05) is 12.1 Å². The van der Waals surface area contributed by atoms with Crippen molar-refractivity contribution in [1.29, 1.82) is 5.26 Å². The van der Waals surface area contributed by atoms with Gasteiger partial charge in [-0.3, -0.25) is 4.79 Å². The van der Waals surface area contributed by atoms with E-state index in [4.69, 9.17) is 14.7 Å². The Balaban J connectivity index is 1.84. The molecule has 5 nitrogen and oxygen atoms in total. The highest BCUT2D eigenvalue weighted by Gasteiger charge is 2.34.